The molecular weight excluding hydrogens is 487 g/mol. The number of nitrogens with zero attached hydrogens (tertiary/aromatic N) is 2. The minimum absolute atomic E-state index is 0.0174. The lowest BCUT2D eigenvalue weighted by molar-refractivity contribution is 0.00574. The molecule has 12 heteroatoms. The number of aromatic nitrogens is 2. The number of rotatable bonds is 6. The van der Waals surface area contributed by atoms with Gasteiger partial charge in [-0.15, -0.1) is 0 Å². The Kier molecular flexibility index (Phi) is 8.53. The van der Waals surface area contributed by atoms with Crippen molar-refractivity contribution in [2.24, 2.45) is 12.9 Å². The van der Waals surface area contributed by atoms with Crippen molar-refractivity contribution >= 4 is 55.9 Å². The maximum absolute atomic E-state index is 14.7. The average molecular weight is 506 g/mol. The number of carboxylic acids is 1. The second kappa shape index (κ2) is 10.7. The number of aliphatic hydroxyl groups excluding tert-OH is 2. The summed E-state index contributed by atoms with van der Waals surface area (Å²) < 4.78 is 17.1. The molecule has 1 heterocycles. The summed E-state index contributed by atoms with van der Waals surface area (Å²) in [7, 11) is 1.67. The summed E-state index contributed by atoms with van der Waals surface area (Å²) in [6.07, 6.45) is 0.584. The van der Waals surface area contributed by atoms with Crippen LogP contribution in [0.5, 0.6) is 0 Å². The van der Waals surface area contributed by atoms with E-state index in [1.165, 1.54) is 12.4 Å². The van der Waals surface area contributed by atoms with Gasteiger partial charge >= 0.3 is 5.97 Å². The number of aryl methyl sites for hydroxylation is 1. The molecule has 0 saturated carbocycles. The molecule has 0 amide bonds. The Morgan fingerprint density at radius 3 is 2.70 bits per heavy atom. The number of hydrogen-bond acceptors (Lipinski definition) is 7. The summed E-state index contributed by atoms with van der Waals surface area (Å²) in [5, 5.41) is 29.0. The van der Waals surface area contributed by atoms with Crippen molar-refractivity contribution in [1.82, 2.24) is 9.55 Å². The highest BCUT2D eigenvalue weighted by Gasteiger charge is 2.21. The van der Waals surface area contributed by atoms with Gasteiger partial charge in [-0.05, 0) is 24.3 Å². The second-order valence-corrected chi connectivity index (χ2v) is 7.38. The quantitative estimate of drug-likeness (QED) is 0.322. The van der Waals surface area contributed by atoms with E-state index < -0.39 is 17.9 Å². The number of carbonyl (C=O) groups is 1. The number of benzene rings is 2. The van der Waals surface area contributed by atoms with Crippen LogP contribution in [0.2, 0.25) is 5.02 Å². The van der Waals surface area contributed by atoms with E-state index in [-0.39, 0.29) is 30.0 Å². The van der Waals surface area contributed by atoms with Gasteiger partial charge in [0, 0.05) is 11.5 Å². The van der Waals surface area contributed by atoms with Crippen LogP contribution in [0.3, 0.4) is 0 Å². The van der Waals surface area contributed by atoms with Gasteiger partial charge in [0.25, 0.3) is 0 Å². The van der Waals surface area contributed by atoms with Crippen LogP contribution in [0.25, 0.3) is 11.0 Å². The van der Waals surface area contributed by atoms with Crippen molar-refractivity contribution in [3.05, 3.63) is 51.5 Å². The first-order chi connectivity index (χ1) is 14.2. The van der Waals surface area contributed by atoms with Crippen LogP contribution in [0.4, 0.5) is 15.8 Å². The molecule has 0 bridgehead atoms. The fraction of sp³-hybridized carbons (Fsp3) is 0.222. The first kappa shape index (κ1) is 24.0. The topological polar surface area (TPSA) is 143 Å². The summed E-state index contributed by atoms with van der Waals surface area (Å²) in [6.45, 7) is -0.326. The fourth-order valence-corrected chi connectivity index (χ4v) is 3.13. The first-order valence-electron chi connectivity index (χ1n) is 8.39. The van der Waals surface area contributed by atoms with Crippen LogP contribution in [0.1, 0.15) is 10.4 Å². The Bertz CT molecular complexity index is 1050. The molecule has 3 aromatic rings. The maximum Gasteiger partial charge on any atom is 0.338 e. The van der Waals surface area contributed by atoms with E-state index in [0.29, 0.717) is 16.2 Å². The molecule has 1 atom stereocenters. The summed E-state index contributed by atoms with van der Waals surface area (Å²) in [5.74, 6) is 2.55. The van der Waals surface area contributed by atoms with Gasteiger partial charge in [-0.25, -0.2) is 20.1 Å². The Morgan fingerprint density at radius 2 is 2.17 bits per heavy atom. The third kappa shape index (κ3) is 5.65. The lowest BCUT2D eigenvalue weighted by atomic mass is 10.1. The number of nitrogens with one attached hydrogen (secondary N) is 1. The summed E-state index contributed by atoms with van der Waals surface area (Å²) in [6, 6.07) is 6.34. The molecule has 3 rings (SSSR count). The van der Waals surface area contributed by atoms with Crippen molar-refractivity contribution in [3.63, 3.8) is 0 Å². The summed E-state index contributed by atoms with van der Waals surface area (Å²) in [4.78, 5) is 19.5. The van der Waals surface area contributed by atoms with Crippen LogP contribution in [-0.2, 0) is 11.9 Å². The zero-order valence-electron chi connectivity index (χ0n) is 15.6. The fourth-order valence-electron chi connectivity index (χ4n) is 2.40. The normalized spacial score (nSPS) is 11.7. The number of imidazole rings is 1. The molecule has 1 aromatic heterocycles. The van der Waals surface area contributed by atoms with E-state index in [1.54, 1.807) is 29.8 Å². The van der Waals surface area contributed by atoms with Crippen LogP contribution >= 0.6 is 27.5 Å². The zero-order chi connectivity index (χ0) is 22.4. The van der Waals surface area contributed by atoms with E-state index in [0.717, 1.165) is 4.47 Å². The lowest BCUT2D eigenvalue weighted by Gasteiger charge is -2.13. The first-order valence-corrected chi connectivity index (χ1v) is 9.56. The number of halogens is 3. The molecule has 1 unspecified atom stereocenters. The van der Waals surface area contributed by atoms with Crippen LogP contribution in [0, 0.1) is 5.82 Å². The second-order valence-electron chi connectivity index (χ2n) is 6.06. The van der Waals surface area contributed by atoms with Gasteiger partial charge in [0.05, 0.1) is 47.0 Å². The highest BCUT2D eigenvalue weighted by Crippen LogP contribution is 2.34. The molecule has 0 saturated heterocycles. The van der Waals surface area contributed by atoms with Gasteiger partial charge < -0.3 is 30.0 Å². The van der Waals surface area contributed by atoms with Gasteiger partial charge in [-0.2, -0.15) is 0 Å². The molecule has 9 nitrogen and oxygen atoms in total. The van der Waals surface area contributed by atoms with E-state index in [1.807, 2.05) is 0 Å². The monoisotopic (exact) mass is 504 g/mol. The van der Waals surface area contributed by atoms with E-state index in [4.69, 9.17) is 21.8 Å². The standard InChI is InChI=1S/C15H10BrClFN3O2.C3H9NO3/c1-21-6-19-14-11(21)5-8(15(22)23)13(12(14)18)20-10-3-2-7(16)4-9(10)17;4-7-2-3(6)1-5/h2-6,20H,1H3,(H,22,23);3,5-6H,1-2,4H2. The van der Waals surface area contributed by atoms with Gasteiger partial charge in [0.15, 0.2) is 5.82 Å². The minimum atomic E-state index is -1.25. The molecule has 6 N–H and O–H groups in total. The number of nitrogens with two attached hydrogens (primary N) is 1. The number of fused-ring (bicyclic) bond motifs is 1. The molecule has 0 spiro atoms. The van der Waals surface area contributed by atoms with E-state index in [2.05, 4.69) is 37.0 Å². The molecular formula is C18H19BrClFN4O5. The van der Waals surface area contributed by atoms with Crippen LogP contribution in [0.15, 0.2) is 35.1 Å². The third-order valence-electron chi connectivity index (χ3n) is 3.88. The van der Waals surface area contributed by atoms with E-state index in [9.17, 15) is 14.3 Å². The number of carboxylic acid groups (broad SMARTS) is 1. The van der Waals surface area contributed by atoms with Crippen LogP contribution < -0.4 is 11.2 Å². The van der Waals surface area contributed by atoms with Gasteiger partial charge in [0.1, 0.15) is 11.6 Å². The van der Waals surface area contributed by atoms with Crippen molar-refractivity contribution in [2.75, 3.05) is 18.5 Å². The molecule has 162 valence electrons. The molecule has 0 aliphatic heterocycles. The molecule has 0 aliphatic rings. The summed E-state index contributed by atoms with van der Waals surface area (Å²) in [5.41, 5.74) is 0.512. The molecule has 30 heavy (non-hydrogen) atoms. The van der Waals surface area contributed by atoms with Gasteiger partial charge in [-0.1, -0.05) is 27.5 Å². The van der Waals surface area contributed by atoms with Crippen molar-refractivity contribution in [1.29, 1.82) is 0 Å². The maximum atomic E-state index is 14.7. The third-order valence-corrected chi connectivity index (χ3v) is 4.69. The smallest absolute Gasteiger partial charge is 0.338 e. The lowest BCUT2D eigenvalue weighted by Crippen LogP contribution is -2.21. The Balaban J connectivity index is 0.000000396. The Hall–Kier alpha value is -2.28. The molecule has 0 fully saturated rings. The number of aliphatic hydroxyl groups is 2. The van der Waals surface area contributed by atoms with Crippen molar-refractivity contribution < 1.29 is 29.3 Å². The minimum Gasteiger partial charge on any atom is -0.478 e. The molecule has 0 radical (unpaired) electrons. The summed E-state index contributed by atoms with van der Waals surface area (Å²) >= 11 is 9.38. The zero-order valence-corrected chi connectivity index (χ0v) is 18.0. The predicted octanol–water partition coefficient (Wildman–Crippen LogP) is 2.80. The van der Waals surface area contributed by atoms with Crippen molar-refractivity contribution in [2.45, 2.75) is 6.10 Å². The van der Waals surface area contributed by atoms with Gasteiger partial charge in [-0.3, -0.25) is 0 Å². The Morgan fingerprint density at radius 1 is 1.47 bits per heavy atom. The number of anilines is 2. The molecule has 0 aliphatic carbocycles. The number of aromatic carboxylic acids is 1. The SMILES string of the molecule is Cn1cnc2c(F)c(Nc3ccc(Br)cc3Cl)c(C(=O)O)cc21.NOCC(O)CO. The van der Waals surface area contributed by atoms with Gasteiger partial charge in [0.2, 0.25) is 0 Å². The average Bonchev–Trinajstić information content (AvgIpc) is 3.07. The highest BCUT2D eigenvalue weighted by molar-refractivity contribution is 9.10. The predicted molar refractivity (Wildman–Crippen MR) is 113 cm³/mol. The van der Waals surface area contributed by atoms with Crippen molar-refractivity contribution in [3.8, 4) is 0 Å². The highest BCUT2D eigenvalue weighted by atomic mass is 79.9. The van der Waals surface area contributed by atoms with Crippen LogP contribution in [-0.4, -0.2) is 50.2 Å². The van der Waals surface area contributed by atoms with E-state index >= 15 is 0 Å². The molecule has 2 aromatic carbocycles. The number of hydrogen-bond donors (Lipinski definition) is 5. The largest absolute Gasteiger partial charge is 0.478 e. The Labute approximate surface area is 183 Å².